The smallest absolute Gasteiger partial charge is 0.155 e. The van der Waals surface area contributed by atoms with Crippen molar-refractivity contribution < 1.29 is 4.74 Å². The van der Waals surface area contributed by atoms with E-state index >= 15 is 0 Å². The van der Waals surface area contributed by atoms with E-state index in [0.717, 1.165) is 12.2 Å². The van der Waals surface area contributed by atoms with Crippen LogP contribution < -0.4 is 20.3 Å². The van der Waals surface area contributed by atoms with E-state index in [0.29, 0.717) is 5.92 Å². The topological polar surface area (TPSA) is 14.2 Å². The Hall–Kier alpha value is -5.90. The molecule has 0 fully saturated rings. The molecule has 0 saturated carbocycles. The van der Waals surface area contributed by atoms with E-state index in [2.05, 4.69) is 199 Å². The molecule has 3 unspecified atom stereocenters. The highest BCUT2D eigenvalue weighted by Gasteiger charge is 2.46. The van der Waals surface area contributed by atoms with Gasteiger partial charge in [-0.3, -0.25) is 0 Å². The molecule has 1 aromatic heterocycles. The first-order chi connectivity index (χ1) is 25.3. The van der Waals surface area contributed by atoms with Gasteiger partial charge in [-0.15, -0.1) is 0 Å². The Morgan fingerprint density at radius 3 is 2.06 bits per heavy atom. The van der Waals surface area contributed by atoms with E-state index in [1.807, 2.05) is 0 Å². The van der Waals surface area contributed by atoms with E-state index < -0.39 is 8.07 Å². The summed E-state index contributed by atoms with van der Waals surface area (Å²) in [6, 6.07) is 56.6. The van der Waals surface area contributed by atoms with Crippen LogP contribution in [-0.2, 0) is 0 Å². The van der Waals surface area contributed by atoms with Gasteiger partial charge in [-0.25, -0.2) is 0 Å². The highest BCUT2D eigenvalue weighted by molar-refractivity contribution is 7.12. The van der Waals surface area contributed by atoms with Gasteiger partial charge in [0.15, 0.2) is 8.07 Å². The van der Waals surface area contributed by atoms with Crippen LogP contribution in [0.3, 0.4) is 0 Å². The molecule has 2 aliphatic carbocycles. The van der Waals surface area contributed by atoms with Crippen molar-refractivity contribution in [1.29, 1.82) is 0 Å². The molecule has 0 radical (unpaired) electrons. The zero-order valence-electron chi connectivity index (χ0n) is 28.3. The lowest BCUT2D eigenvalue weighted by molar-refractivity contribution is 0.269. The number of aromatic nitrogens is 1. The molecule has 2 nitrogen and oxygen atoms in total. The van der Waals surface area contributed by atoms with Crippen LogP contribution in [0, 0.1) is 0 Å². The van der Waals surface area contributed by atoms with Gasteiger partial charge in [-0.2, -0.15) is 0 Å². The quantitative estimate of drug-likeness (QED) is 0.127. The van der Waals surface area contributed by atoms with Gasteiger partial charge in [-0.05, 0) is 75.1 Å². The molecule has 7 aromatic rings. The summed E-state index contributed by atoms with van der Waals surface area (Å²) >= 11 is 0. The Morgan fingerprint density at radius 2 is 1.27 bits per heavy atom. The largest absolute Gasteiger partial charge is 0.485 e. The predicted octanol–water partition coefficient (Wildman–Crippen LogP) is 9.64. The first kappa shape index (κ1) is 30.0. The molecule has 0 spiro atoms. The van der Waals surface area contributed by atoms with Crippen LogP contribution in [-0.4, -0.2) is 18.7 Å². The molecule has 1 aliphatic heterocycles. The van der Waals surface area contributed by atoms with Gasteiger partial charge >= 0.3 is 0 Å². The van der Waals surface area contributed by atoms with Gasteiger partial charge < -0.3 is 9.30 Å². The van der Waals surface area contributed by atoms with E-state index in [1.165, 1.54) is 59.8 Å². The molecule has 6 aromatic carbocycles. The number of nitrogens with zero attached hydrogens (tertiary/aromatic N) is 1. The molecule has 51 heavy (non-hydrogen) atoms. The number of ether oxygens (including phenoxy) is 1. The van der Waals surface area contributed by atoms with Gasteiger partial charge in [0, 0.05) is 27.9 Å². The third-order valence-electron chi connectivity index (χ3n) is 11.3. The van der Waals surface area contributed by atoms with Crippen molar-refractivity contribution >= 4 is 51.0 Å². The molecule has 3 atom stereocenters. The minimum atomic E-state index is -2.72. The normalized spacial score (nSPS) is 19.1. The molecule has 0 N–H and O–H groups in total. The highest BCUT2D eigenvalue weighted by atomic mass is 28.3. The Morgan fingerprint density at radius 1 is 0.588 bits per heavy atom. The number of hydrogen-bond acceptors (Lipinski definition) is 1. The van der Waals surface area contributed by atoms with Crippen molar-refractivity contribution in [1.82, 2.24) is 4.57 Å². The fraction of sp³-hybridized carbons (Fsp3) is 0.0833. The van der Waals surface area contributed by atoms with E-state index in [1.54, 1.807) is 0 Å². The molecule has 0 saturated heterocycles. The minimum Gasteiger partial charge on any atom is -0.485 e. The van der Waals surface area contributed by atoms with Crippen LogP contribution in [0.1, 0.15) is 23.5 Å². The van der Waals surface area contributed by atoms with E-state index in [4.69, 9.17) is 4.74 Å². The highest BCUT2D eigenvalue weighted by Crippen LogP contribution is 2.44. The summed E-state index contributed by atoms with van der Waals surface area (Å²) in [6.07, 6.45) is 17.1. The number of rotatable bonds is 6. The monoisotopic (exact) mass is 671 g/mol. The second-order valence-electron chi connectivity index (χ2n) is 14.0. The molecule has 244 valence electrons. The minimum absolute atomic E-state index is 0.0847. The maximum Gasteiger partial charge on any atom is 0.155 e. The Labute approximate surface area is 300 Å². The van der Waals surface area contributed by atoms with Crippen LogP contribution >= 0.6 is 0 Å². The number of hydrogen-bond donors (Lipinski definition) is 0. The maximum absolute atomic E-state index is 6.47. The predicted molar refractivity (Wildman–Crippen MR) is 216 cm³/mol. The zero-order valence-corrected chi connectivity index (χ0v) is 29.3. The molecule has 2 heterocycles. The average Bonchev–Trinajstić information content (AvgIpc) is 3.75. The lowest BCUT2D eigenvalue weighted by atomic mass is 9.90. The Balaban J connectivity index is 1.21. The molecule has 0 bridgehead atoms. The maximum atomic E-state index is 6.47. The first-order valence-electron chi connectivity index (χ1n) is 18.0. The Bertz CT molecular complexity index is 2500. The Kier molecular flexibility index (Phi) is 7.14. The van der Waals surface area contributed by atoms with Crippen molar-refractivity contribution in [2.24, 2.45) is 0 Å². The first-order valence-corrected chi connectivity index (χ1v) is 20.1. The summed E-state index contributed by atoms with van der Waals surface area (Å²) in [5.74, 6) is 1.30. The van der Waals surface area contributed by atoms with Gasteiger partial charge in [0.1, 0.15) is 11.9 Å². The van der Waals surface area contributed by atoms with Crippen molar-refractivity contribution in [2.75, 3.05) is 0 Å². The number of benzene rings is 6. The average molecular weight is 672 g/mol. The second kappa shape index (κ2) is 12.2. The fourth-order valence-corrected chi connectivity index (χ4v) is 14.4. The van der Waals surface area contributed by atoms with Crippen molar-refractivity contribution in [3.63, 3.8) is 0 Å². The summed E-state index contributed by atoms with van der Waals surface area (Å²) in [5, 5.41) is 6.83. The summed E-state index contributed by atoms with van der Waals surface area (Å²) in [4.78, 5) is 0. The van der Waals surface area contributed by atoms with E-state index in [-0.39, 0.29) is 11.6 Å². The zero-order chi connectivity index (χ0) is 33.8. The van der Waals surface area contributed by atoms with Gasteiger partial charge in [0.25, 0.3) is 0 Å². The van der Waals surface area contributed by atoms with Crippen molar-refractivity contribution in [2.45, 2.75) is 24.0 Å². The molecule has 3 heteroatoms. The molecular weight excluding hydrogens is 635 g/mol. The summed E-state index contributed by atoms with van der Waals surface area (Å²) in [6.45, 7) is 0. The molecular formula is C48H37NOSi. The van der Waals surface area contributed by atoms with Crippen LogP contribution in [0.5, 0.6) is 5.75 Å². The van der Waals surface area contributed by atoms with Gasteiger partial charge in [0.2, 0.25) is 0 Å². The third kappa shape index (κ3) is 4.76. The van der Waals surface area contributed by atoms with E-state index in [9.17, 15) is 0 Å². The standard InChI is InChI=1S/C48H37NOSi/c1-4-16-36(17-5-1)49-45-25-12-10-23-41(45)42-30-28-40(33-46(42)49)51(37-18-6-2-7-19-37,38-20-8-3-9-21-38)39-22-14-15-34(31-39)35-27-29-44-43-24-11-13-26-47(43)50-48(44)32-35/h1-21,23-33,39,43,47H,22H2. The molecule has 10 rings (SSSR count). The summed E-state index contributed by atoms with van der Waals surface area (Å²) in [5.41, 5.74) is 7.69. The molecule has 3 aliphatic rings. The van der Waals surface area contributed by atoms with Crippen molar-refractivity contribution in [3.05, 3.63) is 205 Å². The van der Waals surface area contributed by atoms with Gasteiger partial charge in [0.05, 0.1) is 11.0 Å². The third-order valence-corrected chi connectivity index (χ3v) is 16.5. The van der Waals surface area contributed by atoms with Crippen LogP contribution in [0.15, 0.2) is 194 Å². The van der Waals surface area contributed by atoms with Gasteiger partial charge in [-0.1, -0.05) is 158 Å². The summed E-state index contributed by atoms with van der Waals surface area (Å²) in [7, 11) is -2.72. The SMILES string of the molecule is C1=CC2Oc3cc(C4=CC([Si](c5ccccc5)(c5ccccc5)c5ccc6c7ccccc7n(-c7ccccc7)c6c5)CC=C4)ccc3C2C=C1. The van der Waals surface area contributed by atoms with Crippen LogP contribution in [0.25, 0.3) is 33.1 Å². The number of fused-ring (bicyclic) bond motifs is 6. The van der Waals surface area contributed by atoms with Crippen LogP contribution in [0.4, 0.5) is 0 Å². The second-order valence-corrected chi connectivity index (χ2v) is 18.0. The molecule has 0 amide bonds. The fourth-order valence-electron chi connectivity index (χ4n) is 9.01. The lowest BCUT2D eigenvalue weighted by Crippen LogP contribution is -2.69. The number of allylic oxidation sites excluding steroid dienone is 6. The lowest BCUT2D eigenvalue weighted by Gasteiger charge is -2.40. The summed E-state index contributed by atoms with van der Waals surface area (Å²) < 4.78 is 8.93. The number of para-hydroxylation sites is 2. The van der Waals surface area contributed by atoms with Crippen LogP contribution in [0.2, 0.25) is 5.54 Å². The van der Waals surface area contributed by atoms with Crippen molar-refractivity contribution in [3.8, 4) is 11.4 Å².